The maximum absolute atomic E-state index is 14.2. The second-order valence-electron chi connectivity index (χ2n) is 8.14. The first-order valence-corrected chi connectivity index (χ1v) is 10.9. The zero-order valence-electron chi connectivity index (χ0n) is 18.3. The van der Waals surface area contributed by atoms with Gasteiger partial charge in [-0.15, -0.1) is 0 Å². The Kier molecular flexibility index (Phi) is 9.89. The number of ether oxygens (including phenoxy) is 2. The molecule has 1 aromatic carbocycles. The van der Waals surface area contributed by atoms with E-state index in [1.54, 1.807) is 30.3 Å². The molecule has 1 fully saturated rings. The predicted octanol–water partition coefficient (Wildman–Crippen LogP) is 5.92. The lowest BCUT2D eigenvalue weighted by atomic mass is 9.91. The van der Waals surface area contributed by atoms with Crippen LogP contribution < -0.4 is 4.74 Å². The number of benzene rings is 1. The molecule has 0 radical (unpaired) electrons. The van der Waals surface area contributed by atoms with E-state index in [2.05, 4.69) is 0 Å². The number of alkyl halides is 2. The Hall–Kier alpha value is -2.50. The van der Waals surface area contributed by atoms with Crippen molar-refractivity contribution < 1.29 is 27.8 Å². The fourth-order valence-electron chi connectivity index (χ4n) is 3.53. The largest absolute Gasteiger partial charge is 0.487 e. The first-order valence-electron chi connectivity index (χ1n) is 10.9. The molecular formula is C25H32F2O4. The Bertz CT molecular complexity index is 756. The minimum atomic E-state index is -3.10. The van der Waals surface area contributed by atoms with E-state index in [1.807, 2.05) is 26.0 Å². The molecule has 0 saturated heterocycles. The standard InChI is InChI=1S/C25H32F2O4/c1-19(2)31-24(29)13-9-4-3-8-12-22-20(14-15-23(22)28)16-17-25(26,27)18-30-21-10-6-5-7-11-21/h3,5-8,10-11,16-17,19-20,22H,4,9,12-15,18H2,1-2H3/b8-3-,17-16+/t20-,22-/m1/s1. The SMILES string of the molecule is CC(C)OC(=O)CCC/C=C\C[C@H]1C(=O)CC[C@@H]1/C=C/C(F)(F)COc1ccccc1. The number of halogens is 2. The van der Waals surface area contributed by atoms with Gasteiger partial charge in [0.2, 0.25) is 0 Å². The Labute approximate surface area is 183 Å². The molecule has 1 aromatic rings. The number of carbonyl (C=O) groups is 2. The van der Waals surface area contributed by atoms with E-state index < -0.39 is 12.5 Å². The van der Waals surface area contributed by atoms with Crippen molar-refractivity contribution in [1.82, 2.24) is 0 Å². The molecule has 0 unspecified atom stereocenters. The molecule has 0 aromatic heterocycles. The van der Waals surface area contributed by atoms with Crippen molar-refractivity contribution >= 4 is 11.8 Å². The van der Waals surface area contributed by atoms with E-state index in [9.17, 15) is 18.4 Å². The Morgan fingerprint density at radius 2 is 1.97 bits per heavy atom. The fourth-order valence-corrected chi connectivity index (χ4v) is 3.53. The number of Topliss-reactive ketones (excluding diaryl/α,β-unsaturated/α-hetero) is 1. The zero-order valence-corrected chi connectivity index (χ0v) is 18.3. The maximum atomic E-state index is 14.2. The van der Waals surface area contributed by atoms with E-state index in [0.29, 0.717) is 44.3 Å². The van der Waals surface area contributed by atoms with Crippen LogP contribution in [0.2, 0.25) is 0 Å². The molecule has 1 aliphatic carbocycles. The summed E-state index contributed by atoms with van der Waals surface area (Å²) in [6.45, 7) is 2.89. The van der Waals surface area contributed by atoms with Gasteiger partial charge < -0.3 is 9.47 Å². The Morgan fingerprint density at radius 3 is 2.68 bits per heavy atom. The lowest BCUT2D eigenvalue weighted by Gasteiger charge is -2.16. The lowest BCUT2D eigenvalue weighted by Crippen LogP contribution is -2.23. The molecule has 170 valence electrons. The number of allylic oxidation sites excluding steroid dienone is 3. The maximum Gasteiger partial charge on any atom is 0.306 e. The number of carbonyl (C=O) groups excluding carboxylic acids is 2. The molecule has 1 aliphatic rings. The van der Waals surface area contributed by atoms with Gasteiger partial charge in [-0.3, -0.25) is 9.59 Å². The van der Waals surface area contributed by atoms with Gasteiger partial charge in [0.15, 0.2) is 6.61 Å². The molecule has 2 rings (SSSR count). The Morgan fingerprint density at radius 1 is 1.23 bits per heavy atom. The second-order valence-corrected chi connectivity index (χ2v) is 8.14. The summed E-state index contributed by atoms with van der Waals surface area (Å²) >= 11 is 0. The summed E-state index contributed by atoms with van der Waals surface area (Å²) in [5, 5.41) is 0. The van der Waals surface area contributed by atoms with Gasteiger partial charge in [-0.1, -0.05) is 36.4 Å². The molecule has 0 N–H and O–H groups in total. The summed E-state index contributed by atoms with van der Waals surface area (Å²) in [6.07, 6.45) is 9.37. The molecular weight excluding hydrogens is 402 g/mol. The fraction of sp³-hybridized carbons (Fsp3) is 0.520. The van der Waals surface area contributed by atoms with Crippen LogP contribution in [-0.4, -0.2) is 30.4 Å². The van der Waals surface area contributed by atoms with E-state index >= 15 is 0 Å². The number of rotatable bonds is 12. The van der Waals surface area contributed by atoms with Gasteiger partial charge in [0.1, 0.15) is 11.5 Å². The van der Waals surface area contributed by atoms with Crippen LogP contribution in [0.1, 0.15) is 52.4 Å². The van der Waals surface area contributed by atoms with Gasteiger partial charge in [-0.25, -0.2) is 0 Å². The minimum Gasteiger partial charge on any atom is -0.487 e. The smallest absolute Gasteiger partial charge is 0.306 e. The highest BCUT2D eigenvalue weighted by Crippen LogP contribution is 2.34. The molecule has 0 amide bonds. The molecule has 0 aliphatic heterocycles. The van der Waals surface area contributed by atoms with Crippen LogP contribution >= 0.6 is 0 Å². The molecule has 31 heavy (non-hydrogen) atoms. The van der Waals surface area contributed by atoms with Crippen LogP contribution in [0.4, 0.5) is 8.78 Å². The second kappa shape index (κ2) is 12.4. The van der Waals surface area contributed by atoms with Crippen LogP contribution in [-0.2, 0) is 14.3 Å². The van der Waals surface area contributed by atoms with Gasteiger partial charge >= 0.3 is 5.97 Å². The van der Waals surface area contributed by atoms with E-state index in [0.717, 1.165) is 6.08 Å². The quantitative estimate of drug-likeness (QED) is 0.233. The van der Waals surface area contributed by atoms with Crippen molar-refractivity contribution in [1.29, 1.82) is 0 Å². The summed E-state index contributed by atoms with van der Waals surface area (Å²) in [6, 6.07) is 8.50. The average molecular weight is 435 g/mol. The summed E-state index contributed by atoms with van der Waals surface area (Å²) in [4.78, 5) is 23.7. The van der Waals surface area contributed by atoms with Crippen molar-refractivity contribution in [2.45, 2.75) is 64.4 Å². The monoisotopic (exact) mass is 434 g/mol. The topological polar surface area (TPSA) is 52.6 Å². The van der Waals surface area contributed by atoms with E-state index in [4.69, 9.17) is 9.47 Å². The summed E-state index contributed by atoms with van der Waals surface area (Å²) < 4.78 is 38.6. The number of hydrogen-bond acceptors (Lipinski definition) is 4. The highest BCUT2D eigenvalue weighted by molar-refractivity contribution is 5.83. The molecule has 0 bridgehead atoms. The summed E-state index contributed by atoms with van der Waals surface area (Å²) in [7, 11) is 0. The van der Waals surface area contributed by atoms with Gasteiger partial charge in [0.25, 0.3) is 5.92 Å². The van der Waals surface area contributed by atoms with Crippen molar-refractivity contribution in [2.75, 3.05) is 6.61 Å². The van der Waals surface area contributed by atoms with Crippen LogP contribution in [0.15, 0.2) is 54.6 Å². The van der Waals surface area contributed by atoms with Gasteiger partial charge in [0, 0.05) is 18.8 Å². The highest BCUT2D eigenvalue weighted by Gasteiger charge is 2.34. The normalized spacial score (nSPS) is 19.6. The first-order chi connectivity index (χ1) is 14.8. The van der Waals surface area contributed by atoms with Crippen LogP contribution in [0.3, 0.4) is 0 Å². The molecule has 2 atom stereocenters. The minimum absolute atomic E-state index is 0.112. The molecule has 0 heterocycles. The molecule has 4 nitrogen and oxygen atoms in total. The number of para-hydroxylation sites is 1. The van der Waals surface area contributed by atoms with Gasteiger partial charge in [-0.2, -0.15) is 8.78 Å². The molecule has 1 saturated carbocycles. The Balaban J connectivity index is 1.77. The van der Waals surface area contributed by atoms with Crippen molar-refractivity contribution in [2.24, 2.45) is 11.8 Å². The van der Waals surface area contributed by atoms with E-state index in [1.165, 1.54) is 6.08 Å². The van der Waals surface area contributed by atoms with Crippen molar-refractivity contribution in [3.05, 3.63) is 54.6 Å². The highest BCUT2D eigenvalue weighted by atomic mass is 19.3. The number of ketones is 1. The number of hydrogen-bond donors (Lipinski definition) is 0. The third-order valence-electron chi connectivity index (χ3n) is 5.09. The third kappa shape index (κ3) is 9.45. The molecule has 0 spiro atoms. The summed E-state index contributed by atoms with van der Waals surface area (Å²) in [5.41, 5.74) is 0. The first kappa shape index (κ1) is 24.8. The average Bonchev–Trinajstić information content (AvgIpc) is 3.07. The number of esters is 1. The van der Waals surface area contributed by atoms with Crippen LogP contribution in [0, 0.1) is 11.8 Å². The molecule has 6 heteroatoms. The van der Waals surface area contributed by atoms with Gasteiger partial charge in [-0.05, 0) is 63.7 Å². The van der Waals surface area contributed by atoms with Crippen LogP contribution in [0.25, 0.3) is 0 Å². The lowest BCUT2D eigenvalue weighted by molar-refractivity contribution is -0.147. The van der Waals surface area contributed by atoms with Gasteiger partial charge in [0.05, 0.1) is 6.10 Å². The predicted molar refractivity (Wildman–Crippen MR) is 116 cm³/mol. The van der Waals surface area contributed by atoms with Crippen molar-refractivity contribution in [3.63, 3.8) is 0 Å². The number of unbranched alkanes of at least 4 members (excludes halogenated alkanes) is 1. The third-order valence-corrected chi connectivity index (χ3v) is 5.09. The van der Waals surface area contributed by atoms with Crippen LogP contribution in [0.5, 0.6) is 5.75 Å². The van der Waals surface area contributed by atoms with Crippen molar-refractivity contribution in [3.8, 4) is 5.75 Å². The van der Waals surface area contributed by atoms with E-state index in [-0.39, 0.29) is 29.7 Å². The zero-order chi connectivity index (χ0) is 22.7. The summed E-state index contributed by atoms with van der Waals surface area (Å²) in [5.74, 6) is -3.27.